The third-order valence-electron chi connectivity index (χ3n) is 3.97. The fraction of sp³-hybridized carbons (Fsp3) is 0.222. The van der Waals surface area contributed by atoms with Crippen molar-refractivity contribution in [1.82, 2.24) is 0 Å². The van der Waals surface area contributed by atoms with Crippen LogP contribution >= 0.6 is 0 Å². The molecule has 138 valence electrons. The number of rotatable bonds is 3. The zero-order chi connectivity index (χ0) is 19.3. The quantitative estimate of drug-likeness (QED) is 0.876. The molecule has 0 aromatic heterocycles. The summed E-state index contributed by atoms with van der Waals surface area (Å²) in [5.74, 6) is -2.28. The van der Waals surface area contributed by atoms with Gasteiger partial charge in [0.2, 0.25) is 10.0 Å². The van der Waals surface area contributed by atoms with Gasteiger partial charge in [-0.05, 0) is 49.7 Å². The number of hydrogen-bond acceptors (Lipinski definition) is 3. The van der Waals surface area contributed by atoms with Gasteiger partial charge in [-0.15, -0.1) is 0 Å². The highest BCUT2D eigenvalue weighted by Gasteiger charge is 2.34. The predicted octanol–water partition coefficient (Wildman–Crippen LogP) is 3.82. The Labute approximate surface area is 149 Å². The second-order valence-electron chi connectivity index (χ2n) is 6.69. The summed E-state index contributed by atoms with van der Waals surface area (Å²) in [4.78, 5) is -0.641. The fourth-order valence-corrected chi connectivity index (χ4v) is 3.54. The zero-order valence-corrected chi connectivity index (χ0v) is 14.8. The van der Waals surface area contributed by atoms with Gasteiger partial charge in [0.15, 0.2) is 0 Å². The number of hydrogen-bond donors (Lipinski definition) is 1. The lowest BCUT2D eigenvalue weighted by Gasteiger charge is -2.19. The van der Waals surface area contributed by atoms with E-state index in [1.54, 1.807) is 13.8 Å². The molecule has 3 rings (SSSR count). The van der Waals surface area contributed by atoms with Crippen LogP contribution in [0.25, 0.3) is 11.3 Å². The van der Waals surface area contributed by atoms with Crippen molar-refractivity contribution in [3.8, 4) is 0 Å². The van der Waals surface area contributed by atoms with Gasteiger partial charge in [0.25, 0.3) is 0 Å². The maximum absolute atomic E-state index is 14.2. The van der Waals surface area contributed by atoms with E-state index in [0.717, 1.165) is 30.3 Å². The molecule has 0 aliphatic carbocycles. The van der Waals surface area contributed by atoms with Gasteiger partial charge in [0.1, 0.15) is 33.7 Å². The van der Waals surface area contributed by atoms with Crippen LogP contribution in [0.2, 0.25) is 0 Å². The number of primary sulfonamides is 1. The van der Waals surface area contributed by atoms with E-state index < -0.39 is 38.0 Å². The maximum Gasteiger partial charge on any atom is 0.240 e. The molecule has 0 radical (unpaired) electrons. The molecule has 0 amide bonds. The Morgan fingerprint density at radius 2 is 1.62 bits per heavy atom. The normalized spacial score (nSPS) is 16.7. The lowest BCUT2D eigenvalue weighted by Crippen LogP contribution is -2.18. The molecule has 2 aromatic rings. The fourth-order valence-electron chi connectivity index (χ4n) is 2.95. The first-order valence-electron chi connectivity index (χ1n) is 7.68. The van der Waals surface area contributed by atoms with Crippen molar-refractivity contribution in [3.63, 3.8) is 0 Å². The topological polar surface area (TPSA) is 69.4 Å². The van der Waals surface area contributed by atoms with Crippen molar-refractivity contribution in [1.29, 1.82) is 0 Å². The Morgan fingerprint density at radius 1 is 1.00 bits per heavy atom. The Morgan fingerprint density at radius 3 is 2.15 bits per heavy atom. The van der Waals surface area contributed by atoms with Crippen LogP contribution < -0.4 is 5.14 Å². The summed E-state index contributed by atoms with van der Waals surface area (Å²) < 4.78 is 70.0. The largest absolute Gasteiger partial charge is 0.487 e. The molecule has 0 saturated carbocycles. The van der Waals surface area contributed by atoms with Crippen LogP contribution in [0.3, 0.4) is 0 Å². The van der Waals surface area contributed by atoms with Crippen molar-refractivity contribution in [2.75, 3.05) is 0 Å². The first kappa shape index (κ1) is 18.5. The molecule has 2 aromatic carbocycles. The first-order valence-corrected chi connectivity index (χ1v) is 9.22. The second-order valence-corrected chi connectivity index (χ2v) is 8.22. The van der Waals surface area contributed by atoms with Gasteiger partial charge in [0, 0.05) is 23.6 Å². The lowest BCUT2D eigenvalue weighted by atomic mass is 9.94. The van der Waals surface area contributed by atoms with Gasteiger partial charge >= 0.3 is 0 Å². The smallest absolute Gasteiger partial charge is 0.240 e. The molecule has 0 bridgehead atoms. The van der Waals surface area contributed by atoms with E-state index in [2.05, 4.69) is 0 Å². The predicted molar refractivity (Wildman–Crippen MR) is 90.7 cm³/mol. The van der Waals surface area contributed by atoms with Crippen LogP contribution in [0.15, 0.2) is 41.3 Å². The highest BCUT2D eigenvalue weighted by molar-refractivity contribution is 7.89. The molecule has 2 N–H and O–H groups in total. The van der Waals surface area contributed by atoms with Crippen LogP contribution in [0.5, 0.6) is 0 Å². The lowest BCUT2D eigenvalue weighted by molar-refractivity contribution is 0.101. The van der Waals surface area contributed by atoms with Crippen LogP contribution in [-0.2, 0) is 14.8 Å². The minimum atomic E-state index is -4.20. The molecule has 0 atom stereocenters. The molecule has 1 aliphatic heterocycles. The van der Waals surface area contributed by atoms with E-state index in [1.165, 1.54) is 6.07 Å². The van der Waals surface area contributed by atoms with Gasteiger partial charge in [-0.25, -0.2) is 26.7 Å². The molecule has 0 fully saturated rings. The number of halogens is 3. The Kier molecular flexibility index (Phi) is 4.36. The molecule has 4 nitrogen and oxygen atoms in total. The van der Waals surface area contributed by atoms with Crippen molar-refractivity contribution in [3.05, 3.63) is 65.0 Å². The number of benzene rings is 2. The Balaban J connectivity index is 2.17. The summed E-state index contributed by atoms with van der Waals surface area (Å²) in [6.07, 6.45) is 0.337. The van der Waals surface area contributed by atoms with E-state index in [-0.39, 0.29) is 16.9 Å². The average molecular weight is 383 g/mol. The summed E-state index contributed by atoms with van der Waals surface area (Å²) in [5.41, 5.74) is 0.345. The highest BCUT2D eigenvalue weighted by atomic mass is 32.2. The number of nitrogens with two attached hydrogens (primary N) is 1. The van der Waals surface area contributed by atoms with Crippen molar-refractivity contribution in [2.45, 2.75) is 30.8 Å². The van der Waals surface area contributed by atoms with E-state index in [4.69, 9.17) is 9.88 Å². The maximum atomic E-state index is 14.2. The monoisotopic (exact) mass is 383 g/mol. The minimum absolute atomic E-state index is 0.236. The molecule has 0 unspecified atom stereocenters. The van der Waals surface area contributed by atoms with E-state index in [9.17, 15) is 21.6 Å². The average Bonchev–Trinajstić information content (AvgIpc) is 2.81. The Bertz CT molecular complexity index is 1010. The summed E-state index contributed by atoms with van der Waals surface area (Å²) in [5, 5.41) is 4.96. The molecule has 1 heterocycles. The number of ether oxygens (including phenoxy) is 1. The minimum Gasteiger partial charge on any atom is -0.487 e. The van der Waals surface area contributed by atoms with Gasteiger partial charge in [0.05, 0.1) is 0 Å². The molecule has 8 heteroatoms. The molecule has 1 aliphatic rings. The third-order valence-corrected chi connectivity index (χ3v) is 4.91. The Hall–Kier alpha value is -2.32. The summed E-state index contributed by atoms with van der Waals surface area (Å²) in [7, 11) is -4.20. The van der Waals surface area contributed by atoms with Gasteiger partial charge in [-0.2, -0.15) is 0 Å². The second kappa shape index (κ2) is 6.14. The summed E-state index contributed by atoms with van der Waals surface area (Å²) in [6.45, 7) is 3.56. The van der Waals surface area contributed by atoms with E-state index >= 15 is 0 Å². The zero-order valence-electron chi connectivity index (χ0n) is 14.0. The van der Waals surface area contributed by atoms with Crippen LogP contribution in [0.4, 0.5) is 13.2 Å². The van der Waals surface area contributed by atoms with Gasteiger partial charge < -0.3 is 4.74 Å². The summed E-state index contributed by atoms with van der Waals surface area (Å²) in [6, 6.07) is 6.44. The van der Waals surface area contributed by atoms with Crippen molar-refractivity contribution >= 4 is 21.4 Å². The van der Waals surface area contributed by atoms with Crippen molar-refractivity contribution < 1.29 is 26.3 Å². The molecular formula is C18H16F3NO3S. The van der Waals surface area contributed by atoms with Gasteiger partial charge in [-0.1, -0.05) is 0 Å². The van der Waals surface area contributed by atoms with Crippen LogP contribution in [0, 0.1) is 17.5 Å². The first-order chi connectivity index (χ1) is 12.0. The molecule has 0 saturated heterocycles. The van der Waals surface area contributed by atoms with Gasteiger partial charge in [-0.3, -0.25) is 0 Å². The SMILES string of the molecule is CC1(C)CC(c2cc(F)cc(F)c2)=C(c2ccc(S(N)(=O)=O)c(F)c2)O1. The summed E-state index contributed by atoms with van der Waals surface area (Å²) >= 11 is 0. The van der Waals surface area contributed by atoms with Crippen molar-refractivity contribution in [2.24, 2.45) is 5.14 Å². The molecule has 0 spiro atoms. The molecular weight excluding hydrogens is 367 g/mol. The van der Waals surface area contributed by atoms with E-state index in [1.807, 2.05) is 0 Å². The highest BCUT2D eigenvalue weighted by Crippen LogP contribution is 2.44. The van der Waals surface area contributed by atoms with Crippen LogP contribution in [0.1, 0.15) is 31.4 Å². The van der Waals surface area contributed by atoms with E-state index in [0.29, 0.717) is 12.0 Å². The third kappa shape index (κ3) is 3.61. The molecule has 26 heavy (non-hydrogen) atoms. The standard InChI is InChI=1S/C18H16F3NO3S/c1-18(2)9-14(11-5-12(19)8-13(20)6-11)17(25-18)10-3-4-16(15(21)7-10)26(22,23)24/h3-8H,9H2,1-2H3,(H2,22,23,24). The number of sulfonamides is 1. The van der Waals surface area contributed by atoms with Crippen LogP contribution in [-0.4, -0.2) is 14.0 Å².